The molecule has 0 spiro atoms. The fourth-order valence-electron chi connectivity index (χ4n) is 3.46. The highest BCUT2D eigenvalue weighted by molar-refractivity contribution is 5.92. The van der Waals surface area contributed by atoms with Crippen LogP contribution in [0.3, 0.4) is 0 Å². The Morgan fingerprint density at radius 2 is 2.33 bits per heavy atom. The number of hydrogen-bond acceptors (Lipinski definition) is 5. The standard InChI is InChI=1S/C17H24N4O3/c1-13-18-16(19-24-13)17(8-11-23-3)7-5-10-21(12-17)15(22)14-6-4-9-20(14)2/h4,6,9H,5,7-8,10-12H2,1-3H3. The van der Waals surface area contributed by atoms with Crippen molar-refractivity contribution in [2.24, 2.45) is 7.05 Å². The summed E-state index contributed by atoms with van der Waals surface area (Å²) in [5, 5.41) is 4.15. The van der Waals surface area contributed by atoms with Crippen molar-refractivity contribution in [3.63, 3.8) is 0 Å². The van der Waals surface area contributed by atoms with Gasteiger partial charge in [0.25, 0.3) is 5.91 Å². The minimum Gasteiger partial charge on any atom is -0.385 e. The molecule has 1 unspecified atom stereocenters. The molecule has 0 saturated carbocycles. The fraction of sp³-hybridized carbons (Fsp3) is 0.588. The average molecular weight is 332 g/mol. The van der Waals surface area contributed by atoms with Crippen LogP contribution in [-0.4, -0.2) is 52.3 Å². The number of aromatic nitrogens is 3. The third-order valence-electron chi connectivity index (χ3n) is 4.81. The van der Waals surface area contributed by atoms with E-state index < -0.39 is 0 Å². The average Bonchev–Trinajstić information content (AvgIpc) is 3.21. The van der Waals surface area contributed by atoms with E-state index in [1.807, 2.05) is 34.8 Å². The molecule has 24 heavy (non-hydrogen) atoms. The summed E-state index contributed by atoms with van der Waals surface area (Å²) in [4.78, 5) is 19.2. The normalized spacial score (nSPS) is 21.2. The summed E-state index contributed by atoms with van der Waals surface area (Å²) in [7, 11) is 3.57. The molecule has 0 N–H and O–H groups in total. The van der Waals surface area contributed by atoms with Crippen molar-refractivity contribution in [1.29, 1.82) is 0 Å². The molecule has 0 aromatic carbocycles. The smallest absolute Gasteiger partial charge is 0.270 e. The number of ether oxygens (including phenoxy) is 1. The van der Waals surface area contributed by atoms with E-state index in [9.17, 15) is 4.79 Å². The number of aryl methyl sites for hydroxylation is 2. The zero-order valence-electron chi connectivity index (χ0n) is 14.5. The highest BCUT2D eigenvalue weighted by Crippen LogP contribution is 2.36. The molecule has 130 valence electrons. The Morgan fingerprint density at radius 1 is 1.50 bits per heavy atom. The zero-order valence-corrected chi connectivity index (χ0v) is 14.5. The number of methoxy groups -OCH3 is 1. The molecular weight excluding hydrogens is 308 g/mol. The topological polar surface area (TPSA) is 73.4 Å². The fourth-order valence-corrected chi connectivity index (χ4v) is 3.46. The third-order valence-corrected chi connectivity index (χ3v) is 4.81. The van der Waals surface area contributed by atoms with Crippen LogP contribution in [-0.2, 0) is 17.2 Å². The first kappa shape index (κ1) is 16.7. The molecule has 2 aromatic heterocycles. The maximum Gasteiger partial charge on any atom is 0.270 e. The Hall–Kier alpha value is -2.15. The van der Waals surface area contributed by atoms with Crippen LogP contribution in [0.4, 0.5) is 0 Å². The summed E-state index contributed by atoms with van der Waals surface area (Å²) in [5.74, 6) is 1.28. The van der Waals surface area contributed by atoms with E-state index in [0.717, 1.165) is 25.8 Å². The maximum absolute atomic E-state index is 12.9. The summed E-state index contributed by atoms with van der Waals surface area (Å²) < 4.78 is 12.3. The number of nitrogens with zero attached hydrogens (tertiary/aromatic N) is 4. The molecule has 3 rings (SSSR count). The Balaban J connectivity index is 1.87. The van der Waals surface area contributed by atoms with Gasteiger partial charge < -0.3 is 18.7 Å². The minimum atomic E-state index is -0.313. The Kier molecular flexibility index (Phi) is 4.71. The second-order valence-electron chi connectivity index (χ2n) is 6.49. The number of likely N-dealkylation sites (tertiary alicyclic amines) is 1. The third kappa shape index (κ3) is 3.08. The molecule has 1 fully saturated rings. The van der Waals surface area contributed by atoms with E-state index in [-0.39, 0.29) is 11.3 Å². The van der Waals surface area contributed by atoms with E-state index in [1.54, 1.807) is 14.0 Å². The van der Waals surface area contributed by atoms with E-state index in [2.05, 4.69) is 10.1 Å². The van der Waals surface area contributed by atoms with Gasteiger partial charge >= 0.3 is 0 Å². The number of carbonyl (C=O) groups excluding carboxylic acids is 1. The number of carbonyl (C=O) groups is 1. The van der Waals surface area contributed by atoms with E-state index in [4.69, 9.17) is 9.26 Å². The highest BCUT2D eigenvalue weighted by atomic mass is 16.5. The molecule has 7 heteroatoms. The SMILES string of the molecule is COCCC1(c2noc(C)n2)CCCN(C(=O)c2cccn2C)C1. The maximum atomic E-state index is 12.9. The largest absolute Gasteiger partial charge is 0.385 e. The van der Waals surface area contributed by atoms with Gasteiger partial charge in [-0.25, -0.2) is 0 Å². The van der Waals surface area contributed by atoms with E-state index in [1.165, 1.54) is 0 Å². The van der Waals surface area contributed by atoms with Gasteiger partial charge in [-0.1, -0.05) is 5.16 Å². The lowest BCUT2D eigenvalue weighted by Crippen LogP contribution is -2.50. The van der Waals surface area contributed by atoms with Crippen LogP contribution in [0.15, 0.2) is 22.9 Å². The van der Waals surface area contributed by atoms with Gasteiger partial charge in [0.2, 0.25) is 5.89 Å². The summed E-state index contributed by atoms with van der Waals surface area (Å²) >= 11 is 0. The van der Waals surface area contributed by atoms with Crippen LogP contribution in [0.1, 0.15) is 41.5 Å². The minimum absolute atomic E-state index is 0.0456. The first-order chi connectivity index (χ1) is 11.6. The molecule has 1 saturated heterocycles. The van der Waals surface area contributed by atoms with Crippen molar-refractivity contribution in [3.05, 3.63) is 35.7 Å². The summed E-state index contributed by atoms with van der Waals surface area (Å²) in [6.07, 6.45) is 4.48. The second-order valence-corrected chi connectivity index (χ2v) is 6.49. The quantitative estimate of drug-likeness (QED) is 0.836. The molecule has 1 aliphatic rings. The summed E-state index contributed by atoms with van der Waals surface area (Å²) in [6.45, 7) is 3.71. The van der Waals surface area contributed by atoms with Crippen LogP contribution in [0.5, 0.6) is 0 Å². The van der Waals surface area contributed by atoms with Crippen LogP contribution >= 0.6 is 0 Å². The first-order valence-corrected chi connectivity index (χ1v) is 8.26. The second kappa shape index (κ2) is 6.76. The van der Waals surface area contributed by atoms with Crippen molar-refractivity contribution in [2.45, 2.75) is 31.6 Å². The van der Waals surface area contributed by atoms with Gasteiger partial charge in [0.05, 0.1) is 5.41 Å². The van der Waals surface area contributed by atoms with Crippen molar-refractivity contribution in [1.82, 2.24) is 19.6 Å². The van der Waals surface area contributed by atoms with Crippen LogP contribution in [0.2, 0.25) is 0 Å². The molecule has 0 bridgehead atoms. The molecule has 1 aliphatic heterocycles. The number of amides is 1. The number of piperidine rings is 1. The predicted molar refractivity (Wildman–Crippen MR) is 87.8 cm³/mol. The van der Waals surface area contributed by atoms with Crippen molar-refractivity contribution in [2.75, 3.05) is 26.8 Å². The highest BCUT2D eigenvalue weighted by Gasteiger charge is 2.42. The molecule has 0 radical (unpaired) electrons. The first-order valence-electron chi connectivity index (χ1n) is 8.26. The van der Waals surface area contributed by atoms with Crippen LogP contribution in [0.25, 0.3) is 0 Å². The molecule has 1 atom stereocenters. The lowest BCUT2D eigenvalue weighted by Gasteiger charge is -2.40. The molecule has 0 aliphatic carbocycles. The van der Waals surface area contributed by atoms with Gasteiger partial charge in [0.15, 0.2) is 5.82 Å². The van der Waals surface area contributed by atoms with Crippen molar-refractivity contribution < 1.29 is 14.1 Å². The molecule has 2 aromatic rings. The molecular formula is C17H24N4O3. The lowest BCUT2D eigenvalue weighted by molar-refractivity contribution is 0.0558. The van der Waals surface area contributed by atoms with Gasteiger partial charge in [-0.15, -0.1) is 0 Å². The van der Waals surface area contributed by atoms with Crippen LogP contribution < -0.4 is 0 Å². The number of hydrogen-bond donors (Lipinski definition) is 0. The molecule has 3 heterocycles. The van der Waals surface area contributed by atoms with Gasteiger partial charge in [-0.2, -0.15) is 4.98 Å². The summed E-state index contributed by atoms with van der Waals surface area (Å²) in [5.41, 5.74) is 0.383. The predicted octanol–water partition coefficient (Wildman–Crippen LogP) is 1.93. The summed E-state index contributed by atoms with van der Waals surface area (Å²) in [6, 6.07) is 3.74. The van der Waals surface area contributed by atoms with E-state index >= 15 is 0 Å². The monoisotopic (exact) mass is 332 g/mol. The van der Waals surface area contributed by atoms with Crippen molar-refractivity contribution in [3.8, 4) is 0 Å². The number of rotatable bonds is 5. The lowest BCUT2D eigenvalue weighted by atomic mass is 9.76. The van der Waals surface area contributed by atoms with E-state index in [0.29, 0.717) is 30.6 Å². The Labute approximate surface area is 141 Å². The Morgan fingerprint density at radius 3 is 2.96 bits per heavy atom. The van der Waals surface area contributed by atoms with Gasteiger partial charge in [0.1, 0.15) is 5.69 Å². The molecule has 7 nitrogen and oxygen atoms in total. The van der Waals surface area contributed by atoms with Gasteiger partial charge in [0, 0.05) is 47.0 Å². The van der Waals surface area contributed by atoms with Crippen molar-refractivity contribution >= 4 is 5.91 Å². The van der Waals surface area contributed by atoms with Gasteiger partial charge in [-0.3, -0.25) is 4.79 Å². The molecule has 1 amide bonds. The van der Waals surface area contributed by atoms with Gasteiger partial charge in [-0.05, 0) is 31.4 Å². The zero-order chi connectivity index (χ0) is 17.2. The Bertz CT molecular complexity index is 708. The van der Waals surface area contributed by atoms with Crippen LogP contribution in [0, 0.1) is 6.92 Å².